The van der Waals surface area contributed by atoms with Crippen LogP contribution in [0.25, 0.3) is 0 Å². The molecule has 0 aromatic carbocycles. The molecule has 1 aliphatic rings. The van der Waals surface area contributed by atoms with Crippen LogP contribution in [0.2, 0.25) is 0 Å². The van der Waals surface area contributed by atoms with Gasteiger partial charge in [0.1, 0.15) is 6.33 Å². The average Bonchev–Trinajstić information content (AvgIpc) is 2.38. The molecule has 94 valence electrons. The third-order valence-electron chi connectivity index (χ3n) is 3.68. The Labute approximate surface area is 102 Å². The predicted octanol–water partition coefficient (Wildman–Crippen LogP) is 1.51. The van der Waals surface area contributed by atoms with E-state index >= 15 is 0 Å². The maximum atomic E-state index is 9.64. The van der Waals surface area contributed by atoms with Crippen molar-refractivity contribution < 1.29 is 5.11 Å². The molecule has 0 bridgehead atoms. The van der Waals surface area contributed by atoms with Gasteiger partial charge >= 0.3 is 0 Å². The molecule has 1 heterocycles. The zero-order valence-corrected chi connectivity index (χ0v) is 10.4. The summed E-state index contributed by atoms with van der Waals surface area (Å²) in [5.41, 5.74) is 0.964. The molecule has 1 fully saturated rings. The standard InChI is InChI=1S/C13H21N3O/c1-11-3-2-4-13(5-11,9-17)16-8-12-6-14-10-15-7-12/h6-7,10-11,16-17H,2-5,8-9H2,1H3. The minimum Gasteiger partial charge on any atom is -0.394 e. The first-order chi connectivity index (χ1) is 8.24. The van der Waals surface area contributed by atoms with Gasteiger partial charge in [-0.1, -0.05) is 19.8 Å². The molecule has 0 amide bonds. The topological polar surface area (TPSA) is 58.0 Å². The van der Waals surface area contributed by atoms with Gasteiger partial charge < -0.3 is 10.4 Å². The number of hydrogen-bond acceptors (Lipinski definition) is 4. The summed E-state index contributed by atoms with van der Waals surface area (Å²) in [4.78, 5) is 8.00. The number of hydrogen-bond donors (Lipinski definition) is 2. The highest BCUT2D eigenvalue weighted by Crippen LogP contribution is 2.32. The van der Waals surface area contributed by atoms with Gasteiger partial charge in [0.15, 0.2) is 0 Å². The van der Waals surface area contributed by atoms with Crippen molar-refractivity contribution in [1.82, 2.24) is 15.3 Å². The molecule has 2 unspecified atom stereocenters. The molecule has 0 aliphatic heterocycles. The van der Waals surface area contributed by atoms with E-state index in [1.54, 1.807) is 0 Å². The summed E-state index contributed by atoms with van der Waals surface area (Å²) in [5.74, 6) is 0.690. The quantitative estimate of drug-likeness (QED) is 0.830. The summed E-state index contributed by atoms with van der Waals surface area (Å²) in [5, 5.41) is 13.1. The second-order valence-electron chi connectivity index (χ2n) is 5.24. The molecule has 1 aromatic rings. The number of aliphatic hydroxyl groups is 1. The SMILES string of the molecule is CC1CCCC(CO)(NCc2cncnc2)C1. The molecule has 17 heavy (non-hydrogen) atoms. The Balaban J connectivity index is 1.95. The molecule has 1 aromatic heterocycles. The third kappa shape index (κ3) is 3.23. The minimum atomic E-state index is -0.104. The lowest BCUT2D eigenvalue weighted by Crippen LogP contribution is -2.51. The number of aliphatic hydroxyl groups excluding tert-OH is 1. The molecular weight excluding hydrogens is 214 g/mol. The van der Waals surface area contributed by atoms with Crippen molar-refractivity contribution in [3.8, 4) is 0 Å². The van der Waals surface area contributed by atoms with E-state index in [0.717, 1.165) is 24.9 Å². The van der Waals surface area contributed by atoms with E-state index in [0.29, 0.717) is 5.92 Å². The van der Waals surface area contributed by atoms with Crippen molar-refractivity contribution in [2.75, 3.05) is 6.61 Å². The monoisotopic (exact) mass is 235 g/mol. The van der Waals surface area contributed by atoms with Gasteiger partial charge in [0.05, 0.1) is 6.61 Å². The van der Waals surface area contributed by atoms with Crippen molar-refractivity contribution in [3.63, 3.8) is 0 Å². The molecule has 0 saturated heterocycles. The van der Waals surface area contributed by atoms with E-state index in [4.69, 9.17) is 0 Å². The second kappa shape index (κ2) is 5.56. The smallest absolute Gasteiger partial charge is 0.115 e. The van der Waals surface area contributed by atoms with Gasteiger partial charge in [-0.05, 0) is 18.8 Å². The largest absolute Gasteiger partial charge is 0.394 e. The minimum absolute atomic E-state index is 0.104. The van der Waals surface area contributed by atoms with Gasteiger partial charge in [0.2, 0.25) is 0 Å². The Bertz CT molecular complexity index is 344. The lowest BCUT2D eigenvalue weighted by atomic mass is 9.77. The van der Waals surface area contributed by atoms with Gasteiger partial charge in [-0.15, -0.1) is 0 Å². The third-order valence-corrected chi connectivity index (χ3v) is 3.68. The first-order valence-electron chi connectivity index (χ1n) is 6.34. The zero-order valence-electron chi connectivity index (χ0n) is 10.4. The Kier molecular flexibility index (Phi) is 4.07. The van der Waals surface area contributed by atoms with Gasteiger partial charge in [0, 0.05) is 30.0 Å². The molecule has 0 spiro atoms. The first-order valence-corrected chi connectivity index (χ1v) is 6.34. The molecule has 0 radical (unpaired) electrons. The second-order valence-corrected chi connectivity index (χ2v) is 5.24. The van der Waals surface area contributed by atoms with E-state index < -0.39 is 0 Å². The lowest BCUT2D eigenvalue weighted by molar-refractivity contribution is 0.0982. The number of rotatable bonds is 4. The average molecular weight is 235 g/mol. The van der Waals surface area contributed by atoms with Gasteiger partial charge in [0.25, 0.3) is 0 Å². The normalized spacial score (nSPS) is 29.2. The maximum absolute atomic E-state index is 9.64. The van der Waals surface area contributed by atoms with Crippen LogP contribution in [0, 0.1) is 5.92 Å². The van der Waals surface area contributed by atoms with Crippen LogP contribution < -0.4 is 5.32 Å². The summed E-state index contributed by atoms with van der Waals surface area (Å²) >= 11 is 0. The summed E-state index contributed by atoms with van der Waals surface area (Å²) in [6.07, 6.45) is 9.75. The van der Waals surface area contributed by atoms with E-state index in [9.17, 15) is 5.11 Å². The lowest BCUT2D eigenvalue weighted by Gasteiger charge is -2.39. The molecule has 2 rings (SSSR count). The van der Waals surface area contributed by atoms with Gasteiger partial charge in [-0.2, -0.15) is 0 Å². The summed E-state index contributed by atoms with van der Waals surface area (Å²) < 4.78 is 0. The summed E-state index contributed by atoms with van der Waals surface area (Å²) in [6.45, 7) is 3.20. The van der Waals surface area contributed by atoms with E-state index in [2.05, 4.69) is 22.2 Å². The molecule has 2 N–H and O–H groups in total. The van der Waals surface area contributed by atoms with E-state index in [1.165, 1.54) is 19.2 Å². The van der Waals surface area contributed by atoms with Crippen LogP contribution in [-0.4, -0.2) is 27.2 Å². The maximum Gasteiger partial charge on any atom is 0.115 e. The highest BCUT2D eigenvalue weighted by atomic mass is 16.3. The number of nitrogens with zero attached hydrogens (tertiary/aromatic N) is 2. The van der Waals surface area contributed by atoms with E-state index in [1.807, 2.05) is 12.4 Å². The highest BCUT2D eigenvalue weighted by Gasteiger charge is 2.33. The van der Waals surface area contributed by atoms with Gasteiger partial charge in [-0.25, -0.2) is 9.97 Å². The first kappa shape index (κ1) is 12.5. The molecule has 1 aliphatic carbocycles. The van der Waals surface area contributed by atoms with E-state index in [-0.39, 0.29) is 12.1 Å². The Morgan fingerprint density at radius 2 is 2.24 bits per heavy atom. The molecular formula is C13H21N3O. The van der Waals surface area contributed by atoms with Crippen LogP contribution >= 0.6 is 0 Å². The van der Waals surface area contributed by atoms with Crippen LogP contribution in [0.15, 0.2) is 18.7 Å². The van der Waals surface area contributed by atoms with Crippen molar-refractivity contribution in [2.45, 2.75) is 44.7 Å². The number of nitrogens with one attached hydrogen (secondary N) is 1. The van der Waals surface area contributed by atoms with Crippen molar-refractivity contribution in [2.24, 2.45) is 5.92 Å². The Morgan fingerprint density at radius 3 is 2.88 bits per heavy atom. The van der Waals surface area contributed by atoms with Crippen molar-refractivity contribution in [3.05, 3.63) is 24.3 Å². The molecule has 4 nitrogen and oxygen atoms in total. The fourth-order valence-corrected chi connectivity index (χ4v) is 2.73. The molecule has 2 atom stereocenters. The Hall–Kier alpha value is -1.00. The van der Waals surface area contributed by atoms with Crippen LogP contribution in [0.4, 0.5) is 0 Å². The van der Waals surface area contributed by atoms with Crippen LogP contribution in [0.3, 0.4) is 0 Å². The Morgan fingerprint density at radius 1 is 1.47 bits per heavy atom. The molecule has 1 saturated carbocycles. The predicted molar refractivity (Wildman–Crippen MR) is 66.3 cm³/mol. The van der Waals surface area contributed by atoms with Crippen molar-refractivity contribution in [1.29, 1.82) is 0 Å². The van der Waals surface area contributed by atoms with Crippen LogP contribution in [-0.2, 0) is 6.54 Å². The van der Waals surface area contributed by atoms with Crippen LogP contribution in [0.1, 0.15) is 38.2 Å². The molecule has 4 heteroatoms. The zero-order chi connectivity index (χ0) is 12.1. The summed E-state index contributed by atoms with van der Waals surface area (Å²) in [6, 6.07) is 0. The summed E-state index contributed by atoms with van der Waals surface area (Å²) in [7, 11) is 0. The fraction of sp³-hybridized carbons (Fsp3) is 0.692. The number of aromatic nitrogens is 2. The van der Waals surface area contributed by atoms with Crippen LogP contribution in [0.5, 0.6) is 0 Å². The van der Waals surface area contributed by atoms with Crippen molar-refractivity contribution >= 4 is 0 Å². The van der Waals surface area contributed by atoms with Gasteiger partial charge in [-0.3, -0.25) is 0 Å². The highest BCUT2D eigenvalue weighted by molar-refractivity contribution is 5.04. The fourth-order valence-electron chi connectivity index (χ4n) is 2.73.